The average Bonchev–Trinajstić information content (AvgIpc) is 3.42. The lowest BCUT2D eigenvalue weighted by Gasteiger charge is -2.16. The van der Waals surface area contributed by atoms with Crippen LogP contribution in [-0.2, 0) is 20.2 Å². The molecular weight excluding hydrogens is 336 g/mol. The summed E-state index contributed by atoms with van der Waals surface area (Å²) in [7, 11) is -3.55. The van der Waals surface area contributed by atoms with Crippen LogP contribution in [0.15, 0.2) is 59.5 Å². The Morgan fingerprint density at radius 3 is 2.24 bits per heavy atom. The van der Waals surface area contributed by atoms with Gasteiger partial charge in [0, 0.05) is 13.1 Å². The highest BCUT2D eigenvalue weighted by atomic mass is 32.2. The molecule has 0 saturated heterocycles. The fraction of sp³-hybridized carbons (Fsp3) is 0.316. The Hall–Kier alpha value is -2.18. The van der Waals surface area contributed by atoms with Gasteiger partial charge in [0.15, 0.2) is 0 Å². The minimum absolute atomic E-state index is 0.0340. The number of sulfonamides is 1. The van der Waals surface area contributed by atoms with E-state index in [0.29, 0.717) is 0 Å². The number of hydrogen-bond acceptors (Lipinski definition) is 3. The van der Waals surface area contributed by atoms with Gasteiger partial charge in [0.25, 0.3) is 0 Å². The molecule has 0 heterocycles. The SMILES string of the molecule is Cc1ccc(S(=O)(=O)NCCNC(=O)C2(c3ccccc3)CC2)cc1. The van der Waals surface area contributed by atoms with Crippen molar-refractivity contribution in [2.45, 2.75) is 30.1 Å². The van der Waals surface area contributed by atoms with Crippen molar-refractivity contribution in [3.8, 4) is 0 Å². The zero-order chi connectivity index (χ0) is 17.9. The first-order chi connectivity index (χ1) is 11.9. The van der Waals surface area contributed by atoms with E-state index in [9.17, 15) is 13.2 Å². The quantitative estimate of drug-likeness (QED) is 0.745. The molecule has 0 spiro atoms. The number of hydrogen-bond donors (Lipinski definition) is 2. The van der Waals surface area contributed by atoms with Crippen molar-refractivity contribution in [3.05, 3.63) is 65.7 Å². The summed E-state index contributed by atoms with van der Waals surface area (Å²) in [5, 5.41) is 2.85. The van der Waals surface area contributed by atoms with Gasteiger partial charge in [-0.1, -0.05) is 48.0 Å². The maximum absolute atomic E-state index is 12.5. The summed E-state index contributed by atoms with van der Waals surface area (Å²) >= 11 is 0. The molecule has 1 amide bonds. The highest BCUT2D eigenvalue weighted by Gasteiger charge is 2.50. The zero-order valence-corrected chi connectivity index (χ0v) is 15.0. The number of benzene rings is 2. The van der Waals surface area contributed by atoms with Crippen LogP contribution < -0.4 is 10.0 Å². The molecule has 0 unspecified atom stereocenters. The van der Waals surface area contributed by atoms with Crippen molar-refractivity contribution in [3.63, 3.8) is 0 Å². The molecule has 0 aliphatic heterocycles. The molecule has 1 fully saturated rings. The molecule has 1 saturated carbocycles. The first kappa shape index (κ1) is 17.6. The van der Waals surface area contributed by atoms with Crippen molar-refractivity contribution in [1.82, 2.24) is 10.0 Å². The van der Waals surface area contributed by atoms with Gasteiger partial charge in [-0.05, 0) is 37.5 Å². The predicted octanol–water partition coefficient (Wildman–Crippen LogP) is 2.12. The molecule has 0 bridgehead atoms. The maximum atomic E-state index is 12.5. The maximum Gasteiger partial charge on any atom is 0.240 e. The van der Waals surface area contributed by atoms with Crippen LogP contribution in [0.25, 0.3) is 0 Å². The highest BCUT2D eigenvalue weighted by Crippen LogP contribution is 2.48. The minimum Gasteiger partial charge on any atom is -0.354 e. The Labute approximate surface area is 148 Å². The van der Waals surface area contributed by atoms with Gasteiger partial charge in [-0.15, -0.1) is 0 Å². The molecule has 0 aromatic heterocycles. The van der Waals surface area contributed by atoms with Gasteiger partial charge in [-0.3, -0.25) is 4.79 Å². The molecular formula is C19H22N2O3S. The molecule has 1 aliphatic rings. The average molecular weight is 358 g/mol. The summed E-state index contributed by atoms with van der Waals surface area (Å²) in [6.07, 6.45) is 1.66. The van der Waals surface area contributed by atoms with Gasteiger partial charge in [0.2, 0.25) is 15.9 Å². The van der Waals surface area contributed by atoms with Crippen LogP contribution in [0.5, 0.6) is 0 Å². The monoisotopic (exact) mass is 358 g/mol. The largest absolute Gasteiger partial charge is 0.354 e. The normalized spacial score (nSPS) is 15.6. The number of carbonyl (C=O) groups excluding carboxylic acids is 1. The Morgan fingerprint density at radius 2 is 1.64 bits per heavy atom. The summed E-state index contributed by atoms with van der Waals surface area (Å²) in [5.41, 5.74) is 1.59. The van der Waals surface area contributed by atoms with Crippen molar-refractivity contribution >= 4 is 15.9 Å². The fourth-order valence-electron chi connectivity index (χ4n) is 2.86. The Morgan fingerprint density at radius 1 is 1.00 bits per heavy atom. The number of carbonyl (C=O) groups is 1. The third-order valence-electron chi connectivity index (χ3n) is 4.54. The van der Waals surface area contributed by atoms with Gasteiger partial charge in [-0.25, -0.2) is 13.1 Å². The second-order valence-electron chi connectivity index (χ2n) is 6.41. The number of aryl methyl sites for hydroxylation is 1. The molecule has 0 radical (unpaired) electrons. The molecule has 2 N–H and O–H groups in total. The van der Waals surface area contributed by atoms with E-state index in [1.807, 2.05) is 37.3 Å². The lowest BCUT2D eigenvalue weighted by Crippen LogP contribution is -2.39. The Balaban J connectivity index is 1.52. The van der Waals surface area contributed by atoms with Crippen LogP contribution in [-0.4, -0.2) is 27.4 Å². The van der Waals surface area contributed by atoms with Crippen LogP contribution in [0, 0.1) is 6.92 Å². The molecule has 0 atom stereocenters. The van der Waals surface area contributed by atoms with Gasteiger partial charge in [-0.2, -0.15) is 0 Å². The summed E-state index contributed by atoms with van der Waals surface area (Å²) in [6, 6.07) is 16.4. The van der Waals surface area contributed by atoms with Crippen LogP contribution in [0.3, 0.4) is 0 Å². The van der Waals surface area contributed by atoms with Crippen molar-refractivity contribution < 1.29 is 13.2 Å². The van der Waals surface area contributed by atoms with Crippen molar-refractivity contribution in [1.29, 1.82) is 0 Å². The summed E-state index contributed by atoms with van der Waals surface area (Å²) < 4.78 is 26.9. The first-order valence-corrected chi connectivity index (χ1v) is 9.83. The van der Waals surface area contributed by atoms with Crippen LogP contribution >= 0.6 is 0 Å². The standard InChI is InChI=1S/C19H22N2O3S/c1-15-7-9-17(10-8-15)25(23,24)21-14-13-20-18(22)19(11-12-19)16-5-3-2-4-6-16/h2-10,21H,11-14H2,1H3,(H,20,22). The lowest BCUT2D eigenvalue weighted by atomic mass is 9.95. The van der Waals surface area contributed by atoms with Crippen molar-refractivity contribution in [2.75, 3.05) is 13.1 Å². The van der Waals surface area contributed by atoms with Gasteiger partial charge >= 0.3 is 0 Å². The Bertz CT molecular complexity index is 842. The van der Waals surface area contributed by atoms with Crippen LogP contribution in [0.1, 0.15) is 24.0 Å². The van der Waals surface area contributed by atoms with E-state index in [2.05, 4.69) is 10.0 Å². The third kappa shape index (κ3) is 3.91. The van der Waals surface area contributed by atoms with E-state index >= 15 is 0 Å². The van der Waals surface area contributed by atoms with Crippen molar-refractivity contribution in [2.24, 2.45) is 0 Å². The smallest absolute Gasteiger partial charge is 0.240 e. The Kier molecular flexibility index (Phi) is 4.92. The minimum atomic E-state index is -3.55. The highest BCUT2D eigenvalue weighted by molar-refractivity contribution is 7.89. The van der Waals surface area contributed by atoms with E-state index in [0.717, 1.165) is 24.0 Å². The second kappa shape index (κ2) is 6.98. The molecule has 25 heavy (non-hydrogen) atoms. The summed E-state index contributed by atoms with van der Waals surface area (Å²) in [4.78, 5) is 12.7. The predicted molar refractivity (Wildman–Crippen MR) is 96.7 cm³/mol. The molecule has 132 valence electrons. The molecule has 1 aliphatic carbocycles. The molecule has 2 aromatic rings. The lowest BCUT2D eigenvalue weighted by molar-refractivity contribution is -0.123. The molecule has 6 heteroatoms. The third-order valence-corrected chi connectivity index (χ3v) is 6.02. The number of nitrogens with one attached hydrogen (secondary N) is 2. The van der Waals surface area contributed by atoms with E-state index in [1.54, 1.807) is 24.3 Å². The molecule has 3 rings (SSSR count). The molecule has 2 aromatic carbocycles. The summed E-state index contributed by atoms with van der Waals surface area (Å²) in [6.45, 7) is 2.32. The number of rotatable bonds is 7. The molecule has 5 nitrogen and oxygen atoms in total. The van der Waals surface area contributed by atoms with Crippen LogP contribution in [0.2, 0.25) is 0 Å². The summed E-state index contributed by atoms with van der Waals surface area (Å²) in [5.74, 6) is -0.0340. The topological polar surface area (TPSA) is 75.3 Å². The van der Waals surface area contributed by atoms with Gasteiger partial charge < -0.3 is 5.32 Å². The van der Waals surface area contributed by atoms with Crippen LogP contribution in [0.4, 0.5) is 0 Å². The fourth-order valence-corrected chi connectivity index (χ4v) is 3.89. The van der Waals surface area contributed by atoms with E-state index in [1.165, 1.54) is 0 Å². The van der Waals surface area contributed by atoms with Gasteiger partial charge in [0.05, 0.1) is 10.3 Å². The van der Waals surface area contributed by atoms with E-state index in [-0.39, 0.29) is 23.9 Å². The van der Waals surface area contributed by atoms with Gasteiger partial charge in [0.1, 0.15) is 0 Å². The number of amides is 1. The zero-order valence-electron chi connectivity index (χ0n) is 14.2. The second-order valence-corrected chi connectivity index (χ2v) is 8.18. The van der Waals surface area contributed by atoms with E-state index in [4.69, 9.17) is 0 Å². The van der Waals surface area contributed by atoms with E-state index < -0.39 is 15.4 Å². The first-order valence-electron chi connectivity index (χ1n) is 8.34.